The summed E-state index contributed by atoms with van der Waals surface area (Å²) < 4.78 is 43.4. The van der Waals surface area contributed by atoms with E-state index in [9.17, 15) is 13.2 Å². The first-order valence-corrected chi connectivity index (χ1v) is 11.6. The number of rotatable bonds is 10. The normalized spacial score (nSPS) is 15.4. The quantitative estimate of drug-likeness (QED) is 0.580. The van der Waals surface area contributed by atoms with Gasteiger partial charge in [-0.25, -0.2) is 8.42 Å². The lowest BCUT2D eigenvalue weighted by atomic mass is 10.1. The van der Waals surface area contributed by atoms with Crippen molar-refractivity contribution in [3.05, 3.63) is 17.7 Å². The van der Waals surface area contributed by atoms with Crippen LogP contribution in [-0.4, -0.2) is 89.7 Å². The van der Waals surface area contributed by atoms with Crippen molar-refractivity contribution in [3.8, 4) is 11.5 Å². The summed E-state index contributed by atoms with van der Waals surface area (Å²) >= 11 is 0. The van der Waals surface area contributed by atoms with Crippen molar-refractivity contribution in [3.63, 3.8) is 0 Å². The van der Waals surface area contributed by atoms with Gasteiger partial charge in [0.1, 0.15) is 0 Å². The van der Waals surface area contributed by atoms with Crippen molar-refractivity contribution in [2.45, 2.75) is 31.7 Å². The molecule has 170 valence electrons. The second-order valence-electron chi connectivity index (χ2n) is 7.20. The largest absolute Gasteiger partial charge is 0.493 e. The molecule has 0 spiro atoms. The SMILES string of the molecule is CCN(CCNC(=O)c1cc(S(=O)(=O)N2CCOCC2)cc(OC)c1OC)C(C)C. The average Bonchev–Trinajstić information content (AvgIpc) is 2.75. The monoisotopic (exact) mass is 443 g/mol. The number of sulfonamides is 1. The van der Waals surface area contributed by atoms with E-state index in [1.165, 1.54) is 30.7 Å². The van der Waals surface area contributed by atoms with Gasteiger partial charge in [-0.1, -0.05) is 6.92 Å². The molecule has 2 rings (SSSR count). The van der Waals surface area contributed by atoms with Crippen molar-refractivity contribution >= 4 is 15.9 Å². The van der Waals surface area contributed by atoms with E-state index >= 15 is 0 Å². The standard InChI is InChI=1S/C20H33N3O6S/c1-6-22(15(2)3)8-7-21-20(24)17-13-16(14-18(27-4)19(17)28-5)30(25,26)23-9-11-29-12-10-23/h13-15H,6-12H2,1-5H3,(H,21,24). The lowest BCUT2D eigenvalue weighted by Gasteiger charge is -2.27. The molecule has 30 heavy (non-hydrogen) atoms. The predicted octanol–water partition coefficient (Wildman–Crippen LogP) is 1.18. The number of nitrogens with zero attached hydrogens (tertiary/aromatic N) is 2. The van der Waals surface area contributed by atoms with Gasteiger partial charge in [-0.05, 0) is 26.5 Å². The van der Waals surface area contributed by atoms with E-state index in [4.69, 9.17) is 14.2 Å². The molecule has 0 unspecified atom stereocenters. The van der Waals surface area contributed by atoms with Gasteiger partial charge in [0.15, 0.2) is 11.5 Å². The van der Waals surface area contributed by atoms with Gasteiger partial charge in [-0.15, -0.1) is 0 Å². The average molecular weight is 444 g/mol. The van der Waals surface area contributed by atoms with Crippen molar-refractivity contribution < 1.29 is 27.4 Å². The number of amides is 1. The molecule has 1 fully saturated rings. The molecule has 0 bridgehead atoms. The van der Waals surface area contributed by atoms with Crippen LogP contribution < -0.4 is 14.8 Å². The lowest BCUT2D eigenvalue weighted by molar-refractivity contribution is 0.0730. The third-order valence-electron chi connectivity index (χ3n) is 5.13. The minimum Gasteiger partial charge on any atom is -0.493 e. The molecule has 0 aromatic heterocycles. The van der Waals surface area contributed by atoms with Crippen molar-refractivity contribution in [1.82, 2.24) is 14.5 Å². The molecule has 10 heteroatoms. The van der Waals surface area contributed by atoms with Crippen molar-refractivity contribution in [1.29, 1.82) is 0 Å². The molecule has 0 saturated carbocycles. The maximum Gasteiger partial charge on any atom is 0.255 e. The second kappa shape index (κ2) is 10.9. The summed E-state index contributed by atoms with van der Waals surface area (Å²) in [6.07, 6.45) is 0. The van der Waals surface area contributed by atoms with E-state index in [1.54, 1.807) is 0 Å². The third-order valence-corrected chi connectivity index (χ3v) is 7.00. The lowest BCUT2D eigenvalue weighted by Crippen LogP contribution is -2.40. The molecule has 0 aliphatic carbocycles. The Morgan fingerprint density at radius 1 is 1.23 bits per heavy atom. The van der Waals surface area contributed by atoms with Gasteiger partial charge in [0.2, 0.25) is 10.0 Å². The summed E-state index contributed by atoms with van der Waals surface area (Å²) in [5.41, 5.74) is 0.122. The zero-order valence-electron chi connectivity index (χ0n) is 18.4. The van der Waals surface area contributed by atoms with Gasteiger partial charge in [-0.2, -0.15) is 4.31 Å². The fourth-order valence-corrected chi connectivity index (χ4v) is 4.83. The van der Waals surface area contributed by atoms with Crippen LogP contribution in [0.3, 0.4) is 0 Å². The number of likely N-dealkylation sites (N-methyl/N-ethyl adjacent to an activating group) is 1. The molecule has 0 atom stereocenters. The van der Waals surface area contributed by atoms with Crippen LogP contribution >= 0.6 is 0 Å². The van der Waals surface area contributed by atoms with Gasteiger partial charge in [0, 0.05) is 38.3 Å². The summed E-state index contributed by atoms with van der Waals surface area (Å²) in [7, 11) is -0.967. The Kier molecular flexibility index (Phi) is 8.90. The maximum absolute atomic E-state index is 13.1. The molecule has 0 radical (unpaired) electrons. The van der Waals surface area contributed by atoms with Crippen LogP contribution in [0.15, 0.2) is 17.0 Å². The molecular weight excluding hydrogens is 410 g/mol. The first-order chi connectivity index (χ1) is 14.3. The molecule has 1 heterocycles. The van der Waals surface area contributed by atoms with Gasteiger partial charge in [0.05, 0.1) is 37.9 Å². The highest BCUT2D eigenvalue weighted by Gasteiger charge is 2.30. The fourth-order valence-electron chi connectivity index (χ4n) is 3.38. The molecule has 1 amide bonds. The van der Waals surface area contributed by atoms with Crippen molar-refractivity contribution in [2.24, 2.45) is 0 Å². The summed E-state index contributed by atoms with van der Waals surface area (Å²) in [5.74, 6) is -0.0227. The summed E-state index contributed by atoms with van der Waals surface area (Å²) in [5, 5.41) is 2.86. The number of nitrogens with one attached hydrogen (secondary N) is 1. The number of hydrogen-bond donors (Lipinski definition) is 1. The molecule has 1 saturated heterocycles. The molecule has 1 aliphatic heterocycles. The summed E-state index contributed by atoms with van der Waals surface area (Å²) in [4.78, 5) is 15.1. The van der Waals surface area contributed by atoms with Crippen LogP contribution in [0.2, 0.25) is 0 Å². The second-order valence-corrected chi connectivity index (χ2v) is 9.14. The van der Waals surface area contributed by atoms with Crippen LogP contribution in [0, 0.1) is 0 Å². The van der Waals surface area contributed by atoms with E-state index in [-0.39, 0.29) is 35.0 Å². The van der Waals surface area contributed by atoms with Crippen LogP contribution in [0.5, 0.6) is 11.5 Å². The number of morpholine rings is 1. The summed E-state index contributed by atoms with van der Waals surface area (Å²) in [6, 6.07) is 3.10. The van der Waals surface area contributed by atoms with Crippen LogP contribution in [0.1, 0.15) is 31.1 Å². The van der Waals surface area contributed by atoms with E-state index in [0.29, 0.717) is 32.3 Å². The van der Waals surface area contributed by atoms with Crippen LogP contribution in [0.25, 0.3) is 0 Å². The van der Waals surface area contributed by atoms with E-state index < -0.39 is 15.9 Å². The predicted molar refractivity (Wildman–Crippen MR) is 114 cm³/mol. The van der Waals surface area contributed by atoms with Gasteiger partial charge < -0.3 is 19.5 Å². The molecule has 1 aromatic rings. The zero-order valence-corrected chi connectivity index (χ0v) is 19.3. The summed E-state index contributed by atoms with van der Waals surface area (Å²) in [6.45, 7) is 9.45. The van der Waals surface area contributed by atoms with E-state index in [1.807, 2.05) is 0 Å². The highest BCUT2D eigenvalue weighted by Crippen LogP contribution is 2.35. The first-order valence-electron chi connectivity index (χ1n) is 10.1. The smallest absolute Gasteiger partial charge is 0.255 e. The minimum absolute atomic E-state index is 0.00966. The maximum atomic E-state index is 13.1. The number of carbonyl (C=O) groups excluding carboxylic acids is 1. The Hall–Kier alpha value is -1.88. The van der Waals surface area contributed by atoms with E-state index in [0.717, 1.165) is 6.54 Å². The molecule has 1 N–H and O–H groups in total. The van der Waals surface area contributed by atoms with Crippen LogP contribution in [0.4, 0.5) is 0 Å². The third kappa shape index (κ3) is 5.63. The van der Waals surface area contributed by atoms with Gasteiger partial charge >= 0.3 is 0 Å². The molecule has 1 aliphatic rings. The Balaban J connectivity index is 2.31. The highest BCUT2D eigenvalue weighted by molar-refractivity contribution is 7.89. The number of hydrogen-bond acceptors (Lipinski definition) is 7. The van der Waals surface area contributed by atoms with Crippen LogP contribution in [-0.2, 0) is 14.8 Å². The Morgan fingerprint density at radius 3 is 2.43 bits per heavy atom. The number of ether oxygens (including phenoxy) is 3. The molecule has 1 aromatic carbocycles. The molecule has 9 nitrogen and oxygen atoms in total. The van der Waals surface area contributed by atoms with Gasteiger partial charge in [-0.3, -0.25) is 9.69 Å². The number of benzene rings is 1. The minimum atomic E-state index is -3.80. The topological polar surface area (TPSA) is 97.4 Å². The zero-order chi connectivity index (χ0) is 22.3. The number of carbonyl (C=O) groups is 1. The number of methoxy groups -OCH3 is 2. The Bertz CT molecular complexity index is 822. The fraction of sp³-hybridized carbons (Fsp3) is 0.650. The Morgan fingerprint density at radius 2 is 1.90 bits per heavy atom. The van der Waals surface area contributed by atoms with Gasteiger partial charge in [0.25, 0.3) is 5.91 Å². The Labute approximate surface area is 179 Å². The van der Waals surface area contributed by atoms with E-state index in [2.05, 4.69) is 31.0 Å². The highest BCUT2D eigenvalue weighted by atomic mass is 32.2. The first kappa shape index (κ1) is 24.4. The molecular formula is C20H33N3O6S. The van der Waals surface area contributed by atoms with Crippen molar-refractivity contribution in [2.75, 3.05) is 60.2 Å².